The Labute approximate surface area is 171 Å². The first-order chi connectivity index (χ1) is 14.1. The van der Waals surface area contributed by atoms with Gasteiger partial charge in [-0.2, -0.15) is 4.98 Å². The van der Waals surface area contributed by atoms with Crippen LogP contribution in [0.4, 0.5) is 0 Å². The fraction of sp³-hybridized carbons (Fsp3) is 0.571. The van der Waals surface area contributed by atoms with E-state index < -0.39 is 0 Å². The molecule has 0 bridgehead atoms. The van der Waals surface area contributed by atoms with Crippen molar-refractivity contribution < 1.29 is 18.8 Å². The molecule has 8 nitrogen and oxygen atoms in total. The molecule has 1 aliphatic heterocycles. The van der Waals surface area contributed by atoms with Crippen LogP contribution in [-0.4, -0.2) is 54.8 Å². The number of methoxy groups -OCH3 is 2. The fourth-order valence-electron chi connectivity index (χ4n) is 3.55. The Bertz CT molecular complexity index is 808. The standard InChI is InChI=1S/C21H30N4O4/c1-4-5-10-22-21(26)16-7-6-11-25(13-16)14-19-23-20(24-29-19)15-8-9-17(27-2)18(12-15)28-3/h8-9,12,16H,4-7,10-11,13-14H2,1-3H3,(H,22,26). The summed E-state index contributed by atoms with van der Waals surface area (Å²) in [6, 6.07) is 5.51. The van der Waals surface area contributed by atoms with E-state index in [1.165, 1.54) is 0 Å². The van der Waals surface area contributed by atoms with E-state index in [0.717, 1.165) is 44.3 Å². The normalized spacial score (nSPS) is 17.1. The van der Waals surface area contributed by atoms with E-state index in [1.54, 1.807) is 14.2 Å². The van der Waals surface area contributed by atoms with Gasteiger partial charge in [0.1, 0.15) is 0 Å². The number of nitrogens with one attached hydrogen (secondary N) is 1. The molecule has 3 rings (SSSR count). The fourth-order valence-corrected chi connectivity index (χ4v) is 3.55. The third kappa shape index (κ3) is 5.47. The van der Waals surface area contributed by atoms with Gasteiger partial charge in [-0.25, -0.2) is 0 Å². The van der Waals surface area contributed by atoms with Gasteiger partial charge in [0.05, 0.1) is 26.7 Å². The summed E-state index contributed by atoms with van der Waals surface area (Å²) in [4.78, 5) is 19.1. The number of aromatic nitrogens is 2. The van der Waals surface area contributed by atoms with Gasteiger partial charge in [0, 0.05) is 18.7 Å². The van der Waals surface area contributed by atoms with Crippen LogP contribution in [0.2, 0.25) is 0 Å². The highest BCUT2D eigenvalue weighted by Gasteiger charge is 2.26. The highest BCUT2D eigenvalue weighted by molar-refractivity contribution is 5.78. The second kappa shape index (κ2) is 10.2. The van der Waals surface area contributed by atoms with E-state index in [-0.39, 0.29) is 11.8 Å². The van der Waals surface area contributed by atoms with Crippen molar-refractivity contribution in [3.63, 3.8) is 0 Å². The molecular formula is C21H30N4O4. The second-order valence-corrected chi connectivity index (χ2v) is 7.30. The summed E-state index contributed by atoms with van der Waals surface area (Å²) in [6.07, 6.45) is 4.01. The quantitative estimate of drug-likeness (QED) is 0.645. The van der Waals surface area contributed by atoms with E-state index in [4.69, 9.17) is 14.0 Å². The smallest absolute Gasteiger partial charge is 0.241 e. The van der Waals surface area contributed by atoms with E-state index >= 15 is 0 Å². The van der Waals surface area contributed by atoms with Crippen LogP contribution >= 0.6 is 0 Å². The SMILES string of the molecule is CCCCNC(=O)C1CCCN(Cc2nc(-c3ccc(OC)c(OC)c3)no2)C1. The van der Waals surface area contributed by atoms with Crippen LogP contribution in [0.5, 0.6) is 11.5 Å². The molecule has 0 radical (unpaired) electrons. The van der Waals surface area contributed by atoms with Gasteiger partial charge < -0.3 is 19.3 Å². The number of amides is 1. The minimum Gasteiger partial charge on any atom is -0.493 e. The molecule has 0 spiro atoms. The van der Waals surface area contributed by atoms with Crippen LogP contribution in [0.3, 0.4) is 0 Å². The molecule has 1 aliphatic rings. The molecule has 158 valence electrons. The average Bonchev–Trinajstić information content (AvgIpc) is 3.22. The van der Waals surface area contributed by atoms with Gasteiger partial charge in [0.25, 0.3) is 0 Å². The van der Waals surface area contributed by atoms with Crippen LogP contribution in [0.15, 0.2) is 22.7 Å². The Morgan fingerprint density at radius 1 is 1.31 bits per heavy atom. The van der Waals surface area contributed by atoms with E-state index in [0.29, 0.717) is 36.3 Å². The van der Waals surface area contributed by atoms with Crippen molar-refractivity contribution >= 4 is 5.91 Å². The van der Waals surface area contributed by atoms with Gasteiger partial charge in [-0.1, -0.05) is 18.5 Å². The molecule has 2 heterocycles. The first-order valence-corrected chi connectivity index (χ1v) is 10.2. The molecule has 1 unspecified atom stereocenters. The third-order valence-corrected chi connectivity index (χ3v) is 5.17. The van der Waals surface area contributed by atoms with Crippen molar-refractivity contribution in [2.75, 3.05) is 33.9 Å². The van der Waals surface area contributed by atoms with Crippen molar-refractivity contribution in [3.8, 4) is 22.9 Å². The van der Waals surface area contributed by atoms with E-state index in [1.807, 2.05) is 18.2 Å². The van der Waals surface area contributed by atoms with Crippen LogP contribution in [-0.2, 0) is 11.3 Å². The van der Waals surface area contributed by atoms with Crippen LogP contribution < -0.4 is 14.8 Å². The van der Waals surface area contributed by atoms with Gasteiger partial charge >= 0.3 is 0 Å². The minimum absolute atomic E-state index is 0.0221. The number of carbonyl (C=O) groups excluding carboxylic acids is 1. The van der Waals surface area contributed by atoms with Gasteiger partial charge in [-0.3, -0.25) is 9.69 Å². The summed E-state index contributed by atoms with van der Waals surface area (Å²) < 4.78 is 16.1. The Kier molecular flexibility index (Phi) is 7.46. The molecule has 1 aromatic carbocycles. The number of hydrogen-bond acceptors (Lipinski definition) is 7. The number of hydrogen-bond donors (Lipinski definition) is 1. The largest absolute Gasteiger partial charge is 0.493 e. The van der Waals surface area contributed by atoms with Crippen LogP contribution in [0.1, 0.15) is 38.5 Å². The van der Waals surface area contributed by atoms with Crippen LogP contribution in [0, 0.1) is 5.92 Å². The molecule has 1 N–H and O–H groups in total. The molecule has 1 aromatic heterocycles. The van der Waals surface area contributed by atoms with Gasteiger partial charge in [-0.05, 0) is 44.0 Å². The predicted molar refractivity (Wildman–Crippen MR) is 109 cm³/mol. The number of rotatable bonds is 9. The number of benzene rings is 1. The van der Waals surface area contributed by atoms with Gasteiger partial charge in [0.2, 0.25) is 17.6 Å². The second-order valence-electron chi connectivity index (χ2n) is 7.30. The topological polar surface area (TPSA) is 89.7 Å². The van der Waals surface area contributed by atoms with Crippen molar-refractivity contribution in [3.05, 3.63) is 24.1 Å². The maximum atomic E-state index is 12.4. The lowest BCUT2D eigenvalue weighted by Crippen LogP contribution is -2.42. The van der Waals surface area contributed by atoms with Crippen molar-refractivity contribution in [1.29, 1.82) is 0 Å². The lowest BCUT2D eigenvalue weighted by molar-refractivity contribution is -0.126. The predicted octanol–water partition coefficient (Wildman–Crippen LogP) is 2.88. The van der Waals surface area contributed by atoms with Crippen molar-refractivity contribution in [1.82, 2.24) is 20.4 Å². The molecule has 2 aromatic rings. The lowest BCUT2D eigenvalue weighted by atomic mass is 9.97. The summed E-state index contributed by atoms with van der Waals surface area (Å²) in [5.41, 5.74) is 0.796. The van der Waals surface area contributed by atoms with Gasteiger partial charge in [-0.15, -0.1) is 0 Å². The Morgan fingerprint density at radius 2 is 2.14 bits per heavy atom. The van der Waals surface area contributed by atoms with Crippen LogP contribution in [0.25, 0.3) is 11.4 Å². The molecule has 1 amide bonds. The summed E-state index contributed by atoms with van der Waals surface area (Å²) in [5.74, 6) is 2.49. The lowest BCUT2D eigenvalue weighted by Gasteiger charge is -2.30. The average molecular weight is 402 g/mol. The zero-order valence-electron chi connectivity index (χ0n) is 17.4. The molecule has 29 heavy (non-hydrogen) atoms. The minimum atomic E-state index is 0.0221. The number of nitrogens with zero attached hydrogens (tertiary/aromatic N) is 3. The zero-order chi connectivity index (χ0) is 20.6. The Balaban J connectivity index is 1.60. The van der Waals surface area contributed by atoms with Crippen molar-refractivity contribution in [2.24, 2.45) is 5.92 Å². The first kappa shape index (κ1) is 21.1. The molecule has 1 fully saturated rings. The zero-order valence-corrected chi connectivity index (χ0v) is 17.4. The molecule has 1 atom stereocenters. The number of piperidine rings is 1. The number of likely N-dealkylation sites (tertiary alicyclic amines) is 1. The maximum Gasteiger partial charge on any atom is 0.241 e. The summed E-state index contributed by atoms with van der Waals surface area (Å²) >= 11 is 0. The third-order valence-electron chi connectivity index (χ3n) is 5.17. The van der Waals surface area contributed by atoms with E-state index in [9.17, 15) is 4.79 Å². The number of ether oxygens (including phenoxy) is 2. The summed E-state index contributed by atoms with van der Waals surface area (Å²) in [5, 5.41) is 7.14. The van der Waals surface area contributed by atoms with Crippen molar-refractivity contribution in [2.45, 2.75) is 39.2 Å². The Morgan fingerprint density at radius 3 is 2.90 bits per heavy atom. The first-order valence-electron chi connectivity index (χ1n) is 10.2. The molecule has 0 saturated carbocycles. The molecule has 1 saturated heterocycles. The maximum absolute atomic E-state index is 12.4. The van der Waals surface area contributed by atoms with E-state index in [2.05, 4.69) is 27.3 Å². The molecular weight excluding hydrogens is 372 g/mol. The summed E-state index contributed by atoms with van der Waals surface area (Å²) in [6.45, 7) is 5.05. The van der Waals surface area contributed by atoms with Gasteiger partial charge in [0.15, 0.2) is 11.5 Å². The monoisotopic (exact) mass is 402 g/mol. The number of carbonyl (C=O) groups is 1. The highest BCUT2D eigenvalue weighted by atomic mass is 16.5. The molecule has 0 aliphatic carbocycles. The molecule has 8 heteroatoms. The number of unbranched alkanes of at least 4 members (excludes halogenated alkanes) is 1. The summed E-state index contributed by atoms with van der Waals surface area (Å²) in [7, 11) is 3.19. The highest BCUT2D eigenvalue weighted by Crippen LogP contribution is 2.31. The Hall–Kier alpha value is -2.61.